The minimum atomic E-state index is 0.0337. The highest BCUT2D eigenvalue weighted by molar-refractivity contribution is 7.99. The molecule has 0 saturated carbocycles. The normalized spacial score (nSPS) is 17.1. The molecule has 1 aliphatic heterocycles. The van der Waals surface area contributed by atoms with E-state index in [1.807, 2.05) is 24.0 Å². The van der Waals surface area contributed by atoms with Gasteiger partial charge < -0.3 is 10.6 Å². The number of aromatic nitrogens is 2. The number of thioether (sulfide) groups is 1. The molecule has 0 spiro atoms. The van der Waals surface area contributed by atoms with E-state index in [-0.39, 0.29) is 17.7 Å². The van der Waals surface area contributed by atoms with Crippen LogP contribution < -0.4 is 5.73 Å². The molecule has 3 rings (SSSR count). The highest BCUT2D eigenvalue weighted by Crippen LogP contribution is 2.35. The maximum absolute atomic E-state index is 12.7. The summed E-state index contributed by atoms with van der Waals surface area (Å²) in [5.74, 6) is 0.750. The fourth-order valence-corrected chi connectivity index (χ4v) is 4.07. The lowest BCUT2D eigenvalue weighted by molar-refractivity contribution is -0.129. The molecule has 0 radical (unpaired) electrons. The predicted molar refractivity (Wildman–Crippen MR) is 102 cm³/mol. The Morgan fingerprint density at radius 2 is 2.12 bits per heavy atom. The van der Waals surface area contributed by atoms with Gasteiger partial charge in [-0.2, -0.15) is 0 Å². The number of nitrogens with two attached hydrogens (primary N) is 1. The van der Waals surface area contributed by atoms with Crippen molar-refractivity contribution in [2.75, 3.05) is 18.0 Å². The summed E-state index contributed by atoms with van der Waals surface area (Å²) < 4.78 is 0. The fraction of sp³-hybridized carbons (Fsp3) is 0.353. The third-order valence-electron chi connectivity index (χ3n) is 4.08. The molecule has 1 aromatic heterocycles. The summed E-state index contributed by atoms with van der Waals surface area (Å²) in [7, 11) is 0. The highest BCUT2D eigenvalue weighted by Gasteiger charge is 2.30. The van der Waals surface area contributed by atoms with E-state index in [2.05, 4.69) is 9.97 Å². The van der Waals surface area contributed by atoms with Crippen LogP contribution in [0.3, 0.4) is 0 Å². The highest BCUT2D eigenvalue weighted by atomic mass is 35.5. The zero-order chi connectivity index (χ0) is 18.0. The molecular weight excluding hydrogens is 379 g/mol. The summed E-state index contributed by atoms with van der Waals surface area (Å²) in [6.45, 7) is 2.59. The van der Waals surface area contributed by atoms with Gasteiger partial charge in [-0.3, -0.25) is 4.79 Å². The lowest BCUT2D eigenvalue weighted by Gasteiger charge is -2.25. The second-order valence-corrected chi connectivity index (χ2v) is 7.68. The molecule has 132 valence electrons. The van der Waals surface area contributed by atoms with Gasteiger partial charge in [0.25, 0.3) is 0 Å². The molecule has 1 aliphatic rings. The Labute approximate surface area is 160 Å². The van der Waals surface area contributed by atoms with Crippen molar-refractivity contribution in [2.24, 2.45) is 0 Å². The number of nitrogen functional groups attached to an aromatic ring is 1. The first-order valence-electron chi connectivity index (χ1n) is 7.92. The van der Waals surface area contributed by atoms with E-state index in [9.17, 15) is 4.79 Å². The molecule has 1 amide bonds. The summed E-state index contributed by atoms with van der Waals surface area (Å²) in [4.78, 5) is 23.0. The van der Waals surface area contributed by atoms with Crippen molar-refractivity contribution in [3.05, 3.63) is 45.6 Å². The van der Waals surface area contributed by atoms with Crippen molar-refractivity contribution < 1.29 is 4.79 Å². The number of likely N-dealkylation sites (tertiary alicyclic amines) is 1. The number of rotatable bonds is 4. The summed E-state index contributed by atoms with van der Waals surface area (Å²) in [6.07, 6.45) is 1.89. The molecule has 1 aromatic carbocycles. The average molecular weight is 397 g/mol. The molecule has 2 heterocycles. The predicted octanol–water partition coefficient (Wildman–Crippen LogP) is 4.13. The van der Waals surface area contributed by atoms with Gasteiger partial charge in [0.2, 0.25) is 5.91 Å². The standard InChI is InChI=1S/C17H18Cl2N4OS/c1-10-7-15(20)22-17(21-10)25-9-16(24)23-6-2-3-14(23)11-4-5-12(18)13(19)8-11/h4-5,7-8,14H,2-3,6,9H2,1H3,(H2,20,21,22)/t14-/m1/s1. The number of anilines is 1. The van der Waals surface area contributed by atoms with Crippen LogP contribution >= 0.6 is 35.0 Å². The summed E-state index contributed by atoms with van der Waals surface area (Å²) in [5, 5.41) is 1.55. The van der Waals surface area contributed by atoms with E-state index in [1.165, 1.54) is 11.8 Å². The van der Waals surface area contributed by atoms with E-state index in [0.29, 0.717) is 21.0 Å². The van der Waals surface area contributed by atoms with Gasteiger partial charge in [0.1, 0.15) is 5.82 Å². The molecule has 25 heavy (non-hydrogen) atoms. The van der Waals surface area contributed by atoms with Crippen LogP contribution in [0.1, 0.15) is 30.1 Å². The maximum Gasteiger partial charge on any atom is 0.233 e. The Kier molecular flexibility index (Phi) is 5.71. The lowest BCUT2D eigenvalue weighted by atomic mass is 10.0. The topological polar surface area (TPSA) is 72.1 Å². The Bertz CT molecular complexity index is 782. The molecule has 5 nitrogen and oxygen atoms in total. The van der Waals surface area contributed by atoms with E-state index in [4.69, 9.17) is 28.9 Å². The molecule has 1 fully saturated rings. The Morgan fingerprint density at radius 3 is 2.84 bits per heavy atom. The fourth-order valence-electron chi connectivity index (χ4n) is 2.97. The largest absolute Gasteiger partial charge is 0.384 e. The SMILES string of the molecule is Cc1cc(N)nc(SCC(=O)N2CCC[C@@H]2c2ccc(Cl)c(Cl)c2)n1. The summed E-state index contributed by atoms with van der Waals surface area (Å²) >= 11 is 13.4. The first-order valence-corrected chi connectivity index (χ1v) is 9.66. The van der Waals surface area contributed by atoms with Crippen LogP contribution in [-0.2, 0) is 4.79 Å². The number of aryl methyl sites for hydroxylation is 1. The third-order valence-corrected chi connectivity index (χ3v) is 5.65. The first-order chi connectivity index (χ1) is 11.9. The van der Waals surface area contributed by atoms with E-state index < -0.39 is 0 Å². The van der Waals surface area contributed by atoms with Crippen molar-refractivity contribution >= 4 is 46.7 Å². The Morgan fingerprint density at radius 1 is 1.32 bits per heavy atom. The van der Waals surface area contributed by atoms with Crippen LogP contribution in [0.2, 0.25) is 10.0 Å². The van der Waals surface area contributed by atoms with Gasteiger partial charge in [-0.15, -0.1) is 0 Å². The number of hydrogen-bond acceptors (Lipinski definition) is 5. The number of benzene rings is 1. The van der Waals surface area contributed by atoms with Crippen LogP contribution in [-0.4, -0.2) is 33.1 Å². The average Bonchev–Trinajstić information content (AvgIpc) is 3.04. The van der Waals surface area contributed by atoms with Gasteiger partial charge in [0.05, 0.1) is 21.8 Å². The molecule has 0 aliphatic carbocycles. The molecule has 0 bridgehead atoms. The van der Waals surface area contributed by atoms with Crippen molar-refractivity contribution in [1.82, 2.24) is 14.9 Å². The van der Waals surface area contributed by atoms with Crippen LogP contribution in [0, 0.1) is 6.92 Å². The molecule has 2 N–H and O–H groups in total. The van der Waals surface area contributed by atoms with Crippen LogP contribution in [0.5, 0.6) is 0 Å². The monoisotopic (exact) mass is 396 g/mol. The maximum atomic E-state index is 12.7. The second kappa shape index (κ2) is 7.81. The van der Waals surface area contributed by atoms with Gasteiger partial charge in [0, 0.05) is 18.3 Å². The molecule has 2 aromatic rings. The smallest absolute Gasteiger partial charge is 0.233 e. The van der Waals surface area contributed by atoms with Gasteiger partial charge in [0.15, 0.2) is 5.16 Å². The minimum absolute atomic E-state index is 0.0337. The van der Waals surface area contributed by atoms with Crippen LogP contribution in [0.15, 0.2) is 29.4 Å². The lowest BCUT2D eigenvalue weighted by Crippen LogP contribution is -2.32. The second-order valence-electron chi connectivity index (χ2n) is 5.92. The zero-order valence-electron chi connectivity index (χ0n) is 13.7. The van der Waals surface area contributed by atoms with E-state index in [1.54, 1.807) is 12.1 Å². The third kappa shape index (κ3) is 4.37. The van der Waals surface area contributed by atoms with Crippen molar-refractivity contribution in [1.29, 1.82) is 0 Å². The number of halogens is 2. The molecular formula is C17H18Cl2N4OS. The Balaban J connectivity index is 1.69. The van der Waals surface area contributed by atoms with Crippen molar-refractivity contribution in [2.45, 2.75) is 31.0 Å². The Hall–Kier alpha value is -1.50. The number of carbonyl (C=O) groups is 1. The van der Waals surface area contributed by atoms with Gasteiger partial charge >= 0.3 is 0 Å². The molecule has 1 atom stereocenters. The van der Waals surface area contributed by atoms with Gasteiger partial charge in [-0.25, -0.2) is 9.97 Å². The molecule has 0 unspecified atom stereocenters. The molecule has 1 saturated heterocycles. The van der Waals surface area contributed by atoms with Gasteiger partial charge in [-0.1, -0.05) is 41.0 Å². The number of nitrogens with zero attached hydrogens (tertiary/aromatic N) is 3. The summed E-state index contributed by atoms with van der Waals surface area (Å²) in [6, 6.07) is 7.29. The summed E-state index contributed by atoms with van der Waals surface area (Å²) in [5.41, 5.74) is 7.53. The van der Waals surface area contributed by atoms with Crippen LogP contribution in [0.4, 0.5) is 5.82 Å². The number of amides is 1. The van der Waals surface area contributed by atoms with Crippen molar-refractivity contribution in [3.8, 4) is 0 Å². The first kappa shape index (κ1) is 18.3. The zero-order valence-corrected chi connectivity index (χ0v) is 16.0. The van der Waals surface area contributed by atoms with Crippen LogP contribution in [0.25, 0.3) is 0 Å². The quantitative estimate of drug-likeness (QED) is 0.621. The number of carbonyl (C=O) groups excluding carboxylic acids is 1. The van der Waals surface area contributed by atoms with E-state index in [0.717, 1.165) is 30.6 Å². The minimum Gasteiger partial charge on any atom is -0.384 e. The van der Waals surface area contributed by atoms with Gasteiger partial charge in [-0.05, 0) is 37.5 Å². The van der Waals surface area contributed by atoms with E-state index >= 15 is 0 Å². The number of hydrogen-bond donors (Lipinski definition) is 1. The van der Waals surface area contributed by atoms with Crippen molar-refractivity contribution in [3.63, 3.8) is 0 Å². The molecule has 8 heteroatoms.